The van der Waals surface area contributed by atoms with E-state index in [0.717, 1.165) is 23.1 Å². The Hall–Kier alpha value is -1.84. The zero-order valence-corrected chi connectivity index (χ0v) is 14.7. The molecule has 0 bridgehead atoms. The van der Waals surface area contributed by atoms with Crippen LogP contribution in [0.5, 0.6) is 0 Å². The van der Waals surface area contributed by atoms with Crippen molar-refractivity contribution in [2.45, 2.75) is 38.3 Å². The summed E-state index contributed by atoms with van der Waals surface area (Å²) in [4.78, 5) is 12.7. The SMILES string of the molecule is Cc1cccc(C(C)C(=O)NC2CCOC2c2ccc(Cl)cc2)c1. The van der Waals surface area contributed by atoms with Gasteiger partial charge in [0.05, 0.1) is 12.0 Å². The smallest absolute Gasteiger partial charge is 0.227 e. The molecule has 0 radical (unpaired) electrons. The number of rotatable bonds is 4. The van der Waals surface area contributed by atoms with E-state index in [9.17, 15) is 4.79 Å². The van der Waals surface area contributed by atoms with E-state index in [1.807, 2.05) is 56.3 Å². The number of carbonyl (C=O) groups is 1. The van der Waals surface area contributed by atoms with Gasteiger partial charge in [0.2, 0.25) is 5.91 Å². The summed E-state index contributed by atoms with van der Waals surface area (Å²) < 4.78 is 5.84. The van der Waals surface area contributed by atoms with Crippen LogP contribution in [0.4, 0.5) is 0 Å². The summed E-state index contributed by atoms with van der Waals surface area (Å²) in [7, 11) is 0. The van der Waals surface area contributed by atoms with Gasteiger partial charge in [0.1, 0.15) is 6.10 Å². The van der Waals surface area contributed by atoms with E-state index in [0.29, 0.717) is 11.6 Å². The van der Waals surface area contributed by atoms with Crippen molar-refractivity contribution in [2.24, 2.45) is 0 Å². The van der Waals surface area contributed by atoms with Crippen LogP contribution in [-0.2, 0) is 9.53 Å². The fourth-order valence-corrected chi connectivity index (χ4v) is 3.24. The number of hydrogen-bond donors (Lipinski definition) is 1. The van der Waals surface area contributed by atoms with Gasteiger partial charge in [-0.15, -0.1) is 0 Å². The molecule has 1 aliphatic rings. The minimum atomic E-state index is -0.184. The van der Waals surface area contributed by atoms with Crippen molar-refractivity contribution >= 4 is 17.5 Å². The number of halogens is 1. The van der Waals surface area contributed by atoms with Crippen LogP contribution in [-0.4, -0.2) is 18.6 Å². The van der Waals surface area contributed by atoms with Crippen LogP contribution in [0.1, 0.15) is 42.1 Å². The molecule has 3 atom stereocenters. The highest BCUT2D eigenvalue weighted by atomic mass is 35.5. The Morgan fingerprint density at radius 2 is 2.00 bits per heavy atom. The number of benzene rings is 2. The van der Waals surface area contributed by atoms with Crippen molar-refractivity contribution in [1.29, 1.82) is 0 Å². The van der Waals surface area contributed by atoms with Crippen molar-refractivity contribution in [3.05, 3.63) is 70.2 Å². The van der Waals surface area contributed by atoms with Gasteiger partial charge in [0.15, 0.2) is 0 Å². The van der Waals surface area contributed by atoms with E-state index < -0.39 is 0 Å². The van der Waals surface area contributed by atoms with Gasteiger partial charge < -0.3 is 10.1 Å². The monoisotopic (exact) mass is 343 g/mol. The minimum absolute atomic E-state index is 0.00839. The van der Waals surface area contributed by atoms with E-state index in [1.54, 1.807) is 0 Å². The van der Waals surface area contributed by atoms with Crippen LogP contribution in [0, 0.1) is 6.92 Å². The Kier molecular flexibility index (Phi) is 5.22. The third kappa shape index (κ3) is 3.80. The Morgan fingerprint density at radius 3 is 2.71 bits per heavy atom. The largest absolute Gasteiger partial charge is 0.371 e. The molecule has 1 aliphatic heterocycles. The molecule has 1 N–H and O–H groups in total. The second-order valence-electron chi connectivity index (χ2n) is 6.38. The average molecular weight is 344 g/mol. The van der Waals surface area contributed by atoms with Crippen molar-refractivity contribution < 1.29 is 9.53 Å². The Labute approximate surface area is 148 Å². The third-order valence-electron chi connectivity index (χ3n) is 4.55. The fraction of sp³-hybridized carbons (Fsp3) is 0.350. The summed E-state index contributed by atoms with van der Waals surface area (Å²) in [6.07, 6.45) is 0.704. The van der Waals surface area contributed by atoms with Crippen molar-refractivity contribution in [1.82, 2.24) is 5.32 Å². The molecule has 0 spiro atoms. The van der Waals surface area contributed by atoms with Crippen molar-refractivity contribution in [3.63, 3.8) is 0 Å². The summed E-state index contributed by atoms with van der Waals surface area (Å²) in [5, 5.41) is 3.86. The van der Waals surface area contributed by atoms with Crippen LogP contribution < -0.4 is 5.32 Å². The van der Waals surface area contributed by atoms with Gasteiger partial charge in [0, 0.05) is 11.6 Å². The molecule has 1 heterocycles. The summed E-state index contributed by atoms with van der Waals surface area (Å²) >= 11 is 5.95. The predicted molar refractivity (Wildman–Crippen MR) is 96.3 cm³/mol. The molecule has 4 heteroatoms. The maximum absolute atomic E-state index is 12.7. The number of ether oxygens (including phenoxy) is 1. The van der Waals surface area contributed by atoms with Gasteiger partial charge in [0.25, 0.3) is 0 Å². The number of aryl methyl sites for hydroxylation is 1. The first-order valence-electron chi connectivity index (χ1n) is 8.28. The maximum atomic E-state index is 12.7. The molecule has 24 heavy (non-hydrogen) atoms. The van der Waals surface area contributed by atoms with Gasteiger partial charge >= 0.3 is 0 Å². The Balaban J connectivity index is 1.70. The minimum Gasteiger partial charge on any atom is -0.371 e. The lowest BCUT2D eigenvalue weighted by Crippen LogP contribution is -2.39. The molecule has 1 amide bonds. The van der Waals surface area contributed by atoms with E-state index in [-0.39, 0.29) is 24.0 Å². The maximum Gasteiger partial charge on any atom is 0.227 e. The molecule has 3 nitrogen and oxygen atoms in total. The second kappa shape index (κ2) is 7.37. The highest BCUT2D eigenvalue weighted by molar-refractivity contribution is 6.30. The normalized spacial score (nSPS) is 21.5. The van der Waals surface area contributed by atoms with Crippen LogP contribution in [0.25, 0.3) is 0 Å². The van der Waals surface area contributed by atoms with Gasteiger partial charge in [-0.1, -0.05) is 53.6 Å². The first-order chi connectivity index (χ1) is 11.5. The first kappa shape index (κ1) is 17.0. The molecule has 3 unspecified atom stereocenters. The molecule has 1 saturated heterocycles. The molecule has 0 saturated carbocycles. The lowest BCUT2D eigenvalue weighted by molar-refractivity contribution is -0.123. The predicted octanol–water partition coefficient (Wildman–Crippen LogP) is 4.40. The highest BCUT2D eigenvalue weighted by Crippen LogP contribution is 2.30. The summed E-state index contributed by atoms with van der Waals surface area (Å²) in [5.41, 5.74) is 3.25. The van der Waals surface area contributed by atoms with Gasteiger partial charge in [-0.25, -0.2) is 0 Å². The zero-order chi connectivity index (χ0) is 17.1. The molecule has 0 aromatic heterocycles. The quantitative estimate of drug-likeness (QED) is 0.893. The molecule has 3 rings (SSSR count). The van der Waals surface area contributed by atoms with Crippen LogP contribution in [0.2, 0.25) is 5.02 Å². The van der Waals surface area contributed by atoms with Crippen LogP contribution in [0.15, 0.2) is 48.5 Å². The molecular formula is C20H22ClNO2. The lowest BCUT2D eigenvalue weighted by Gasteiger charge is -2.22. The lowest BCUT2D eigenvalue weighted by atomic mass is 9.97. The van der Waals surface area contributed by atoms with Gasteiger partial charge in [-0.05, 0) is 43.5 Å². The molecule has 126 valence electrons. The van der Waals surface area contributed by atoms with Crippen LogP contribution in [0.3, 0.4) is 0 Å². The molecule has 2 aromatic rings. The number of nitrogens with one attached hydrogen (secondary N) is 1. The zero-order valence-electron chi connectivity index (χ0n) is 14.0. The molecule has 0 aliphatic carbocycles. The van der Waals surface area contributed by atoms with E-state index in [4.69, 9.17) is 16.3 Å². The molecule has 2 aromatic carbocycles. The van der Waals surface area contributed by atoms with E-state index in [2.05, 4.69) is 11.4 Å². The van der Waals surface area contributed by atoms with E-state index in [1.165, 1.54) is 0 Å². The van der Waals surface area contributed by atoms with Gasteiger partial charge in [-0.3, -0.25) is 4.79 Å². The number of amides is 1. The van der Waals surface area contributed by atoms with Gasteiger partial charge in [-0.2, -0.15) is 0 Å². The van der Waals surface area contributed by atoms with Crippen molar-refractivity contribution in [2.75, 3.05) is 6.61 Å². The van der Waals surface area contributed by atoms with E-state index >= 15 is 0 Å². The summed E-state index contributed by atoms with van der Waals surface area (Å²) in [6, 6.07) is 15.7. The summed E-state index contributed by atoms with van der Waals surface area (Å²) in [6.45, 7) is 4.63. The fourth-order valence-electron chi connectivity index (χ4n) is 3.12. The molecular weight excluding hydrogens is 322 g/mol. The Bertz CT molecular complexity index is 714. The van der Waals surface area contributed by atoms with Crippen molar-refractivity contribution in [3.8, 4) is 0 Å². The standard InChI is InChI=1S/C20H22ClNO2/c1-13-4-3-5-16(12-13)14(2)20(23)22-18-10-11-24-19(18)15-6-8-17(21)9-7-15/h3-9,12,14,18-19H,10-11H2,1-2H3,(H,22,23). The van der Waals surface area contributed by atoms with Crippen LogP contribution >= 0.6 is 11.6 Å². The average Bonchev–Trinajstić information content (AvgIpc) is 3.03. The molecule has 1 fully saturated rings. The first-order valence-corrected chi connectivity index (χ1v) is 8.66. The second-order valence-corrected chi connectivity index (χ2v) is 6.82. The number of hydrogen-bond acceptors (Lipinski definition) is 2. The highest BCUT2D eigenvalue weighted by Gasteiger charge is 2.32. The summed E-state index contributed by atoms with van der Waals surface area (Å²) in [5.74, 6) is -0.147. The third-order valence-corrected chi connectivity index (χ3v) is 4.81. The topological polar surface area (TPSA) is 38.3 Å². The number of carbonyl (C=O) groups excluding carboxylic acids is 1. The Morgan fingerprint density at radius 1 is 1.25 bits per heavy atom.